The van der Waals surface area contributed by atoms with Gasteiger partial charge in [-0.2, -0.15) is 0 Å². The second-order valence-electron chi connectivity index (χ2n) is 4.34. The van der Waals surface area contributed by atoms with E-state index in [-0.39, 0.29) is 5.91 Å². The first-order valence-electron chi connectivity index (χ1n) is 6.55. The molecule has 1 amide bonds. The third-order valence-corrected chi connectivity index (χ3v) is 2.92. The molecule has 0 spiro atoms. The fraction of sp³-hybridized carbons (Fsp3) is 0.188. The molecule has 4 heteroatoms. The lowest BCUT2D eigenvalue weighted by atomic mass is 10.1. The molecule has 2 aromatic rings. The maximum atomic E-state index is 12.0. The summed E-state index contributed by atoms with van der Waals surface area (Å²) >= 11 is 0. The van der Waals surface area contributed by atoms with Crippen LogP contribution in [0.4, 0.5) is 5.69 Å². The minimum Gasteiger partial charge on any atom is -0.494 e. The predicted molar refractivity (Wildman–Crippen MR) is 79.6 cm³/mol. The molecule has 0 radical (unpaired) electrons. The Labute approximate surface area is 118 Å². The van der Waals surface area contributed by atoms with E-state index in [1.807, 2.05) is 31.2 Å². The summed E-state index contributed by atoms with van der Waals surface area (Å²) in [5.74, 6) is 0.632. The third kappa shape index (κ3) is 3.51. The van der Waals surface area contributed by atoms with Crippen molar-refractivity contribution in [3.8, 4) is 5.75 Å². The van der Waals surface area contributed by atoms with Gasteiger partial charge in [-0.3, -0.25) is 4.79 Å². The normalized spacial score (nSPS) is 10.1. The van der Waals surface area contributed by atoms with E-state index in [2.05, 4.69) is 5.32 Å². The number of benzene rings is 2. The first-order valence-corrected chi connectivity index (χ1v) is 6.55. The Balaban J connectivity index is 1.96. The zero-order valence-electron chi connectivity index (χ0n) is 11.4. The van der Waals surface area contributed by atoms with Gasteiger partial charge in [0, 0.05) is 17.8 Å². The van der Waals surface area contributed by atoms with Crippen molar-refractivity contribution >= 4 is 11.6 Å². The number of amides is 1. The van der Waals surface area contributed by atoms with Crippen LogP contribution < -0.4 is 15.8 Å². The number of hydrogen-bond acceptors (Lipinski definition) is 3. The summed E-state index contributed by atoms with van der Waals surface area (Å²) in [7, 11) is 0. The van der Waals surface area contributed by atoms with Crippen molar-refractivity contribution < 1.29 is 9.53 Å². The molecule has 0 aromatic heterocycles. The highest BCUT2D eigenvalue weighted by atomic mass is 16.5. The summed E-state index contributed by atoms with van der Waals surface area (Å²) in [6.45, 7) is 2.95. The van der Waals surface area contributed by atoms with E-state index in [4.69, 9.17) is 10.5 Å². The highest BCUT2D eigenvalue weighted by molar-refractivity contribution is 5.94. The molecule has 0 aliphatic rings. The van der Waals surface area contributed by atoms with E-state index < -0.39 is 0 Å². The second kappa shape index (κ2) is 6.61. The number of carbonyl (C=O) groups excluding carboxylic acids is 1. The van der Waals surface area contributed by atoms with Gasteiger partial charge in [0.1, 0.15) is 5.75 Å². The average Bonchev–Trinajstić information content (AvgIpc) is 2.47. The van der Waals surface area contributed by atoms with Crippen molar-refractivity contribution in [3.63, 3.8) is 0 Å². The fourth-order valence-electron chi connectivity index (χ4n) is 1.84. The van der Waals surface area contributed by atoms with Crippen LogP contribution >= 0.6 is 0 Å². The maximum Gasteiger partial charge on any atom is 0.251 e. The summed E-state index contributed by atoms with van der Waals surface area (Å²) in [6, 6.07) is 14.5. The molecule has 0 aliphatic carbocycles. The Hall–Kier alpha value is -2.49. The molecule has 0 bridgehead atoms. The van der Waals surface area contributed by atoms with Crippen LogP contribution in [0.3, 0.4) is 0 Å². The standard InChI is InChI=1S/C16H18N2O2/c1-2-20-14-9-7-12(8-10-14)16(19)18-11-13-5-3-4-6-15(13)17/h3-10H,2,11,17H2,1H3,(H,18,19). The zero-order valence-corrected chi connectivity index (χ0v) is 11.4. The highest BCUT2D eigenvalue weighted by Crippen LogP contribution is 2.13. The van der Waals surface area contributed by atoms with Crippen LogP contribution in [0.1, 0.15) is 22.8 Å². The Morgan fingerprint density at radius 2 is 1.85 bits per heavy atom. The van der Waals surface area contributed by atoms with Crippen molar-refractivity contribution in [1.82, 2.24) is 5.32 Å². The maximum absolute atomic E-state index is 12.0. The Morgan fingerprint density at radius 3 is 2.50 bits per heavy atom. The summed E-state index contributed by atoms with van der Waals surface area (Å²) < 4.78 is 5.34. The van der Waals surface area contributed by atoms with Gasteiger partial charge in [0.2, 0.25) is 0 Å². The molecule has 0 atom stereocenters. The first kappa shape index (κ1) is 13.9. The van der Waals surface area contributed by atoms with Crippen molar-refractivity contribution in [2.24, 2.45) is 0 Å². The quantitative estimate of drug-likeness (QED) is 0.821. The SMILES string of the molecule is CCOc1ccc(C(=O)NCc2ccccc2N)cc1. The van der Waals surface area contributed by atoms with E-state index in [0.29, 0.717) is 24.4 Å². The van der Waals surface area contributed by atoms with E-state index in [1.54, 1.807) is 24.3 Å². The number of nitrogen functional groups attached to an aromatic ring is 1. The molecule has 2 aromatic carbocycles. The van der Waals surface area contributed by atoms with E-state index in [0.717, 1.165) is 11.3 Å². The number of ether oxygens (including phenoxy) is 1. The predicted octanol–water partition coefficient (Wildman–Crippen LogP) is 2.60. The first-order chi connectivity index (χ1) is 9.70. The molecule has 0 saturated heterocycles. The Bertz CT molecular complexity index is 579. The molecule has 3 N–H and O–H groups in total. The Kier molecular flexibility index (Phi) is 4.60. The van der Waals surface area contributed by atoms with Gasteiger partial charge in [-0.25, -0.2) is 0 Å². The van der Waals surface area contributed by atoms with E-state index in [1.165, 1.54) is 0 Å². The van der Waals surface area contributed by atoms with Gasteiger partial charge in [-0.05, 0) is 42.8 Å². The smallest absolute Gasteiger partial charge is 0.251 e. The van der Waals surface area contributed by atoms with Crippen LogP contribution in [0, 0.1) is 0 Å². The second-order valence-corrected chi connectivity index (χ2v) is 4.34. The number of carbonyl (C=O) groups is 1. The lowest BCUT2D eigenvalue weighted by Gasteiger charge is -2.08. The number of anilines is 1. The summed E-state index contributed by atoms with van der Waals surface area (Å²) in [6.07, 6.45) is 0. The molecular formula is C16H18N2O2. The molecular weight excluding hydrogens is 252 g/mol. The number of rotatable bonds is 5. The number of nitrogens with one attached hydrogen (secondary N) is 1. The lowest BCUT2D eigenvalue weighted by molar-refractivity contribution is 0.0951. The minimum atomic E-state index is -0.128. The van der Waals surface area contributed by atoms with Crippen molar-refractivity contribution in [2.45, 2.75) is 13.5 Å². The van der Waals surface area contributed by atoms with Gasteiger partial charge >= 0.3 is 0 Å². The van der Waals surface area contributed by atoms with Gasteiger partial charge in [0.25, 0.3) is 5.91 Å². The minimum absolute atomic E-state index is 0.128. The van der Waals surface area contributed by atoms with Gasteiger partial charge in [-0.15, -0.1) is 0 Å². The van der Waals surface area contributed by atoms with Crippen molar-refractivity contribution in [2.75, 3.05) is 12.3 Å². The number of hydrogen-bond donors (Lipinski definition) is 2. The monoisotopic (exact) mass is 270 g/mol. The van der Waals surface area contributed by atoms with Gasteiger partial charge in [-0.1, -0.05) is 18.2 Å². The largest absolute Gasteiger partial charge is 0.494 e. The molecule has 20 heavy (non-hydrogen) atoms. The van der Waals surface area contributed by atoms with Crippen molar-refractivity contribution in [1.29, 1.82) is 0 Å². The Morgan fingerprint density at radius 1 is 1.15 bits per heavy atom. The molecule has 0 aliphatic heterocycles. The molecule has 4 nitrogen and oxygen atoms in total. The van der Waals surface area contributed by atoms with Crippen LogP contribution in [0.5, 0.6) is 5.75 Å². The molecule has 0 saturated carbocycles. The topological polar surface area (TPSA) is 64.3 Å². The summed E-state index contributed by atoms with van der Waals surface area (Å²) in [5, 5.41) is 2.85. The summed E-state index contributed by atoms with van der Waals surface area (Å²) in [5.41, 5.74) is 8.02. The van der Waals surface area contributed by atoms with Crippen LogP contribution in [-0.4, -0.2) is 12.5 Å². The van der Waals surface area contributed by atoms with Gasteiger partial charge < -0.3 is 15.8 Å². The molecule has 0 unspecified atom stereocenters. The van der Waals surface area contributed by atoms with E-state index in [9.17, 15) is 4.79 Å². The van der Waals surface area contributed by atoms with E-state index >= 15 is 0 Å². The van der Waals surface area contributed by atoms with Crippen LogP contribution in [0.25, 0.3) is 0 Å². The van der Waals surface area contributed by atoms with Crippen LogP contribution in [0.15, 0.2) is 48.5 Å². The average molecular weight is 270 g/mol. The summed E-state index contributed by atoms with van der Waals surface area (Å²) in [4.78, 5) is 12.0. The zero-order chi connectivity index (χ0) is 14.4. The molecule has 2 rings (SSSR count). The van der Waals surface area contributed by atoms with Crippen LogP contribution in [0.2, 0.25) is 0 Å². The number of para-hydroxylation sites is 1. The van der Waals surface area contributed by atoms with Crippen molar-refractivity contribution in [3.05, 3.63) is 59.7 Å². The molecule has 0 heterocycles. The molecule has 0 fully saturated rings. The fourth-order valence-corrected chi connectivity index (χ4v) is 1.84. The van der Waals surface area contributed by atoms with Crippen LogP contribution in [-0.2, 0) is 6.54 Å². The lowest BCUT2D eigenvalue weighted by Crippen LogP contribution is -2.23. The van der Waals surface area contributed by atoms with Gasteiger partial charge in [0.15, 0.2) is 0 Å². The molecule has 104 valence electrons. The number of nitrogens with two attached hydrogens (primary N) is 1. The van der Waals surface area contributed by atoms with Gasteiger partial charge in [0.05, 0.1) is 6.61 Å². The highest BCUT2D eigenvalue weighted by Gasteiger charge is 2.06. The third-order valence-electron chi connectivity index (χ3n) is 2.92.